The molecule has 0 amide bonds. The van der Waals surface area contributed by atoms with E-state index in [0.29, 0.717) is 51.7 Å². The highest BCUT2D eigenvalue weighted by Crippen LogP contribution is 2.47. The predicted octanol–water partition coefficient (Wildman–Crippen LogP) is 5.77. The molecule has 232 valence electrons. The van der Waals surface area contributed by atoms with Crippen molar-refractivity contribution in [3.63, 3.8) is 0 Å². The molecule has 5 rings (SSSR count). The van der Waals surface area contributed by atoms with Gasteiger partial charge in [0.25, 0.3) is 0 Å². The molecule has 3 aromatic carbocycles. The molecule has 0 fully saturated rings. The van der Waals surface area contributed by atoms with Crippen LogP contribution in [-0.4, -0.2) is 54.2 Å². The Morgan fingerprint density at radius 1 is 1.02 bits per heavy atom. The Hall–Kier alpha value is -4.35. The van der Waals surface area contributed by atoms with E-state index >= 15 is 0 Å². The monoisotopic (exact) mass is 621 g/mol. The lowest BCUT2D eigenvalue weighted by atomic mass is 10.0. The molecule has 0 bridgehead atoms. The number of pyridine rings is 1. The molecule has 0 atom stereocenters. The van der Waals surface area contributed by atoms with Crippen LogP contribution in [0.4, 0.5) is 10.1 Å². The van der Waals surface area contributed by atoms with Crippen molar-refractivity contribution in [3.8, 4) is 17.4 Å². The summed E-state index contributed by atoms with van der Waals surface area (Å²) in [5.74, 6) is 0.532. The molecule has 0 aliphatic heterocycles. The average Bonchev–Trinajstić information content (AvgIpc) is 3.30. The van der Waals surface area contributed by atoms with Crippen LogP contribution in [0.3, 0.4) is 0 Å². The summed E-state index contributed by atoms with van der Waals surface area (Å²) in [6.45, 7) is 3.77. The quantitative estimate of drug-likeness (QED) is 0.193. The topological polar surface area (TPSA) is 114 Å². The third-order valence-electron chi connectivity index (χ3n) is 7.59. The fourth-order valence-corrected chi connectivity index (χ4v) is 5.63. The van der Waals surface area contributed by atoms with Crippen LogP contribution in [0.15, 0.2) is 67.0 Å². The number of hydrogen-bond acceptors (Lipinski definition) is 7. The molecular formula is C33H36FN3O6S. The lowest BCUT2D eigenvalue weighted by Crippen LogP contribution is -2.25. The van der Waals surface area contributed by atoms with Crippen molar-refractivity contribution in [1.29, 1.82) is 0 Å². The Kier molecular flexibility index (Phi) is 8.46. The van der Waals surface area contributed by atoms with Gasteiger partial charge >= 0.3 is 0 Å². The molecule has 11 heteroatoms. The molecule has 0 saturated carbocycles. The normalized spacial score (nSPS) is 12.2. The number of aromatic hydroxyl groups is 1. The predicted molar refractivity (Wildman–Crippen MR) is 170 cm³/mol. The summed E-state index contributed by atoms with van der Waals surface area (Å²) >= 11 is 0. The van der Waals surface area contributed by atoms with E-state index in [0.717, 1.165) is 22.9 Å². The summed E-state index contributed by atoms with van der Waals surface area (Å²) in [7, 11) is -0.703. The number of halogens is 1. The van der Waals surface area contributed by atoms with E-state index in [4.69, 9.17) is 14.5 Å². The number of sulfonamides is 1. The molecule has 0 spiro atoms. The Labute approximate surface area is 256 Å². The number of methoxy groups -OCH3 is 1. The maximum Gasteiger partial charge on any atom is 0.232 e. The number of rotatable bonds is 11. The zero-order valence-corrected chi connectivity index (χ0v) is 26.2. The van der Waals surface area contributed by atoms with Gasteiger partial charge in [0.1, 0.15) is 23.7 Å². The van der Waals surface area contributed by atoms with Gasteiger partial charge < -0.3 is 24.3 Å². The number of aryl methyl sites for hydroxylation is 1. The van der Waals surface area contributed by atoms with Crippen molar-refractivity contribution in [1.82, 2.24) is 9.55 Å². The molecule has 0 aliphatic rings. The molecule has 2 aromatic heterocycles. The Balaban J connectivity index is 1.74. The fourth-order valence-electron chi connectivity index (χ4n) is 5.10. The second-order valence-electron chi connectivity index (χ2n) is 11.6. The van der Waals surface area contributed by atoms with Gasteiger partial charge in [0, 0.05) is 36.8 Å². The van der Waals surface area contributed by atoms with E-state index in [1.807, 2.05) is 30.3 Å². The van der Waals surface area contributed by atoms with Gasteiger partial charge in [0.15, 0.2) is 5.75 Å². The molecule has 0 unspecified atom stereocenters. The number of aliphatic hydroxyl groups is 1. The molecule has 2 heterocycles. The standard InChI is InChI=1S/C33H36FN3O6S/c1-33(2,39)14-15-37-19-27-28(32(37)38)31(43-20-22-8-12-25(42-4)13-9-22)29-26(30(27)36(3)44(5,40)41)17-23(18-35-29)16-21-6-10-24(34)11-7-21/h6-13,17-19,38-39H,14-16,20H2,1-5H3. The maximum atomic E-state index is 13.5. The largest absolute Gasteiger partial charge is 0.497 e. The molecule has 0 aliphatic carbocycles. The third kappa shape index (κ3) is 6.58. The summed E-state index contributed by atoms with van der Waals surface area (Å²) in [6.07, 6.45) is 5.23. The van der Waals surface area contributed by atoms with Crippen molar-refractivity contribution in [3.05, 3.63) is 89.5 Å². The maximum absolute atomic E-state index is 13.5. The van der Waals surface area contributed by atoms with E-state index in [2.05, 4.69) is 0 Å². The number of aromatic nitrogens is 2. The van der Waals surface area contributed by atoms with Gasteiger partial charge in [-0.1, -0.05) is 24.3 Å². The van der Waals surface area contributed by atoms with Crippen LogP contribution in [0, 0.1) is 5.82 Å². The minimum Gasteiger partial charge on any atom is -0.497 e. The van der Waals surface area contributed by atoms with Crippen LogP contribution < -0.4 is 13.8 Å². The number of anilines is 1. The Morgan fingerprint density at radius 3 is 2.30 bits per heavy atom. The van der Waals surface area contributed by atoms with Crippen molar-refractivity contribution in [2.45, 2.75) is 45.4 Å². The van der Waals surface area contributed by atoms with Gasteiger partial charge in [-0.05, 0) is 73.7 Å². The van der Waals surface area contributed by atoms with Crippen LogP contribution >= 0.6 is 0 Å². The molecule has 0 radical (unpaired) electrons. The van der Waals surface area contributed by atoms with Crippen molar-refractivity contribution in [2.75, 3.05) is 24.7 Å². The molecule has 0 saturated heterocycles. The zero-order valence-electron chi connectivity index (χ0n) is 25.3. The summed E-state index contributed by atoms with van der Waals surface area (Å²) < 4.78 is 53.8. The summed E-state index contributed by atoms with van der Waals surface area (Å²) in [5.41, 5.74) is 2.19. The van der Waals surface area contributed by atoms with E-state index in [-0.39, 0.29) is 24.8 Å². The minimum absolute atomic E-state index is 0.128. The lowest BCUT2D eigenvalue weighted by Gasteiger charge is -2.22. The first-order chi connectivity index (χ1) is 20.7. The Morgan fingerprint density at radius 2 is 1.68 bits per heavy atom. The van der Waals surface area contributed by atoms with Crippen LogP contribution in [0.5, 0.6) is 17.4 Å². The van der Waals surface area contributed by atoms with E-state index in [1.54, 1.807) is 50.1 Å². The molecule has 44 heavy (non-hydrogen) atoms. The average molecular weight is 622 g/mol. The highest BCUT2D eigenvalue weighted by Gasteiger charge is 2.28. The highest BCUT2D eigenvalue weighted by molar-refractivity contribution is 7.92. The minimum atomic E-state index is -3.75. The zero-order chi connectivity index (χ0) is 31.8. The SMILES string of the molecule is COc1ccc(COc2c3ncc(Cc4ccc(F)cc4)cc3c(N(C)S(C)(=O)=O)c3cn(CCC(C)(C)O)c(O)c23)cc1. The number of hydrogen-bond donors (Lipinski definition) is 2. The van der Waals surface area contributed by atoms with Crippen molar-refractivity contribution < 1.29 is 32.5 Å². The van der Waals surface area contributed by atoms with Gasteiger partial charge in [-0.25, -0.2) is 12.8 Å². The molecule has 9 nitrogen and oxygen atoms in total. The smallest absolute Gasteiger partial charge is 0.232 e. The van der Waals surface area contributed by atoms with Gasteiger partial charge in [-0.3, -0.25) is 9.29 Å². The van der Waals surface area contributed by atoms with Crippen LogP contribution in [0.25, 0.3) is 21.7 Å². The van der Waals surface area contributed by atoms with Gasteiger partial charge in [0.2, 0.25) is 15.9 Å². The van der Waals surface area contributed by atoms with E-state index in [1.165, 1.54) is 23.5 Å². The van der Waals surface area contributed by atoms with Crippen molar-refractivity contribution in [2.24, 2.45) is 0 Å². The highest BCUT2D eigenvalue weighted by atomic mass is 32.2. The van der Waals surface area contributed by atoms with Crippen LogP contribution in [-0.2, 0) is 29.6 Å². The number of nitrogens with zero attached hydrogens (tertiary/aromatic N) is 3. The third-order valence-corrected chi connectivity index (χ3v) is 8.76. The molecular weight excluding hydrogens is 585 g/mol. The van der Waals surface area contributed by atoms with Gasteiger partial charge in [-0.15, -0.1) is 0 Å². The van der Waals surface area contributed by atoms with Gasteiger partial charge in [-0.2, -0.15) is 0 Å². The second kappa shape index (κ2) is 12.0. The molecule has 5 aromatic rings. The summed E-state index contributed by atoms with van der Waals surface area (Å²) in [4.78, 5) is 4.74. The first-order valence-electron chi connectivity index (χ1n) is 14.1. The number of fused-ring (bicyclic) bond motifs is 2. The molecule has 2 N–H and O–H groups in total. The first-order valence-corrected chi connectivity index (χ1v) is 15.9. The van der Waals surface area contributed by atoms with E-state index in [9.17, 15) is 23.0 Å². The number of ether oxygens (including phenoxy) is 2. The number of benzene rings is 3. The summed E-state index contributed by atoms with van der Waals surface area (Å²) in [6, 6.07) is 15.4. The second-order valence-corrected chi connectivity index (χ2v) is 13.6. The Bertz CT molecular complexity index is 1910. The van der Waals surface area contributed by atoms with Crippen LogP contribution in [0.1, 0.15) is 37.0 Å². The lowest BCUT2D eigenvalue weighted by molar-refractivity contribution is 0.0657. The first kappa shape index (κ1) is 31.1. The fraction of sp³-hybridized carbons (Fsp3) is 0.303. The van der Waals surface area contributed by atoms with Crippen LogP contribution in [0.2, 0.25) is 0 Å². The van der Waals surface area contributed by atoms with Gasteiger partial charge in [0.05, 0.1) is 30.0 Å². The summed E-state index contributed by atoms with van der Waals surface area (Å²) in [5, 5.41) is 23.2. The van der Waals surface area contributed by atoms with E-state index < -0.39 is 15.6 Å². The van der Waals surface area contributed by atoms with Crippen molar-refractivity contribution >= 4 is 37.4 Å².